The second kappa shape index (κ2) is 12.7. The van der Waals surface area contributed by atoms with Crippen molar-refractivity contribution in [2.45, 2.75) is 12.8 Å². The highest BCUT2D eigenvalue weighted by molar-refractivity contribution is 6.43. The Bertz CT molecular complexity index is 1430. The molecular formula is C30H32ClN5O4. The standard InChI is InChI=1S/C30H32ClN5O4/c1-5-28(37)36-14-12-35(13-15-36)22-11-10-21(26(18-22)40-4)17-27-32-19-24(31)25(33-27)16-20-8-6-7-9-23(20)29(38)30(39)34(2)3/h5-11,18-19H,1,12-17H2,2-4H3. The van der Waals surface area contributed by atoms with Crippen molar-refractivity contribution in [1.29, 1.82) is 0 Å². The van der Waals surface area contributed by atoms with Gasteiger partial charge < -0.3 is 19.4 Å². The Balaban J connectivity index is 1.52. The highest BCUT2D eigenvalue weighted by Crippen LogP contribution is 2.29. The number of rotatable bonds is 9. The van der Waals surface area contributed by atoms with Gasteiger partial charge in [0.05, 0.1) is 17.8 Å². The third-order valence-corrected chi connectivity index (χ3v) is 7.15. The summed E-state index contributed by atoms with van der Waals surface area (Å²) in [6.45, 7) is 6.27. The monoisotopic (exact) mass is 561 g/mol. The minimum atomic E-state index is -0.593. The fraction of sp³-hybridized carbons (Fsp3) is 0.300. The average Bonchev–Trinajstić information content (AvgIpc) is 2.98. The summed E-state index contributed by atoms with van der Waals surface area (Å²) < 4.78 is 5.70. The molecule has 1 aliphatic heterocycles. The van der Waals surface area contributed by atoms with E-state index in [0.717, 1.165) is 24.3 Å². The van der Waals surface area contributed by atoms with Crippen molar-refractivity contribution in [2.75, 3.05) is 52.3 Å². The molecule has 0 radical (unpaired) electrons. The molecule has 2 amide bonds. The zero-order valence-corrected chi connectivity index (χ0v) is 23.6. The number of likely N-dealkylation sites (N-methyl/N-ethyl adjacent to an activating group) is 1. The Hall–Kier alpha value is -4.24. The Morgan fingerprint density at radius 2 is 1.77 bits per heavy atom. The first-order valence-corrected chi connectivity index (χ1v) is 13.3. The van der Waals surface area contributed by atoms with Crippen LogP contribution in [0.2, 0.25) is 5.02 Å². The van der Waals surface area contributed by atoms with Crippen molar-refractivity contribution >= 4 is 34.9 Å². The van der Waals surface area contributed by atoms with Gasteiger partial charge in [-0.1, -0.05) is 48.5 Å². The average molecular weight is 562 g/mol. The molecule has 0 N–H and O–H groups in total. The van der Waals surface area contributed by atoms with E-state index in [-0.39, 0.29) is 12.3 Å². The number of amides is 2. The molecule has 0 aliphatic carbocycles. The normalized spacial score (nSPS) is 13.1. The molecule has 4 rings (SSSR count). The largest absolute Gasteiger partial charge is 0.496 e. The van der Waals surface area contributed by atoms with Gasteiger partial charge in [-0.05, 0) is 17.7 Å². The molecule has 9 nitrogen and oxygen atoms in total. The van der Waals surface area contributed by atoms with Crippen molar-refractivity contribution in [2.24, 2.45) is 0 Å². The van der Waals surface area contributed by atoms with Crippen LogP contribution in [-0.4, -0.2) is 84.7 Å². The zero-order valence-electron chi connectivity index (χ0n) is 22.9. The highest BCUT2D eigenvalue weighted by atomic mass is 35.5. The number of Topliss-reactive ketones (excluding diaryl/α,β-unsaturated/α-hetero) is 1. The van der Waals surface area contributed by atoms with Crippen LogP contribution < -0.4 is 9.64 Å². The number of aromatic nitrogens is 2. The number of anilines is 1. The van der Waals surface area contributed by atoms with Crippen molar-refractivity contribution in [3.63, 3.8) is 0 Å². The predicted molar refractivity (Wildman–Crippen MR) is 154 cm³/mol. The van der Waals surface area contributed by atoms with Gasteiger partial charge in [0.25, 0.3) is 11.7 Å². The molecule has 2 heterocycles. The maximum atomic E-state index is 12.8. The maximum Gasteiger partial charge on any atom is 0.294 e. The minimum Gasteiger partial charge on any atom is -0.496 e. The maximum absolute atomic E-state index is 12.8. The number of ether oxygens (including phenoxy) is 1. The van der Waals surface area contributed by atoms with Crippen molar-refractivity contribution < 1.29 is 19.1 Å². The Labute approximate surface area is 239 Å². The van der Waals surface area contributed by atoms with Gasteiger partial charge in [-0.3, -0.25) is 14.4 Å². The fourth-order valence-electron chi connectivity index (χ4n) is 4.61. The van der Waals surface area contributed by atoms with Crippen LogP contribution >= 0.6 is 11.6 Å². The van der Waals surface area contributed by atoms with E-state index < -0.39 is 11.7 Å². The van der Waals surface area contributed by atoms with Crippen LogP contribution in [-0.2, 0) is 22.4 Å². The topological polar surface area (TPSA) is 95.9 Å². The number of halogens is 1. The number of carbonyl (C=O) groups excluding carboxylic acids is 3. The molecule has 3 aromatic rings. The van der Waals surface area contributed by atoms with Crippen LogP contribution in [0.3, 0.4) is 0 Å². The number of hydrogen-bond donors (Lipinski definition) is 0. The molecule has 1 aromatic heterocycles. The van der Waals surface area contributed by atoms with Gasteiger partial charge in [0.15, 0.2) is 0 Å². The van der Waals surface area contributed by atoms with Gasteiger partial charge in [0, 0.05) is 82.2 Å². The third kappa shape index (κ3) is 6.48. The van der Waals surface area contributed by atoms with Crippen LogP contribution in [0.15, 0.2) is 61.3 Å². The van der Waals surface area contributed by atoms with Crippen molar-refractivity contribution in [3.8, 4) is 5.75 Å². The van der Waals surface area contributed by atoms with Gasteiger partial charge in [0.1, 0.15) is 11.6 Å². The first-order valence-electron chi connectivity index (χ1n) is 12.9. The summed E-state index contributed by atoms with van der Waals surface area (Å²) in [6, 6.07) is 13.0. The van der Waals surface area contributed by atoms with Crippen molar-refractivity contribution in [1.82, 2.24) is 19.8 Å². The molecule has 1 fully saturated rings. The number of nitrogens with zero attached hydrogens (tertiary/aromatic N) is 5. The van der Waals surface area contributed by atoms with Gasteiger partial charge in [-0.15, -0.1) is 0 Å². The Morgan fingerprint density at radius 3 is 2.45 bits per heavy atom. The second-order valence-corrected chi connectivity index (χ2v) is 10.0. The van der Waals surface area contributed by atoms with E-state index >= 15 is 0 Å². The predicted octanol–water partition coefficient (Wildman–Crippen LogP) is 3.43. The van der Waals surface area contributed by atoms with E-state index in [0.29, 0.717) is 52.9 Å². The number of ketones is 1. The highest BCUT2D eigenvalue weighted by Gasteiger charge is 2.23. The summed E-state index contributed by atoms with van der Waals surface area (Å²) in [5, 5.41) is 0.376. The quantitative estimate of drug-likeness (QED) is 0.224. The van der Waals surface area contributed by atoms with Gasteiger partial charge >= 0.3 is 0 Å². The molecule has 0 saturated carbocycles. The SMILES string of the molecule is C=CC(=O)N1CCN(c2ccc(Cc3ncc(Cl)c(Cc4ccccc4C(=O)C(=O)N(C)C)n3)c(OC)c2)CC1. The molecule has 1 aliphatic rings. The van der Waals surface area contributed by atoms with Crippen LogP contribution in [0.4, 0.5) is 5.69 Å². The first-order chi connectivity index (χ1) is 19.2. The number of methoxy groups -OCH3 is 1. The molecule has 208 valence electrons. The van der Waals surface area contributed by atoms with Crippen molar-refractivity contribution in [3.05, 3.63) is 94.5 Å². The van der Waals surface area contributed by atoms with Crippen LogP contribution in [0.5, 0.6) is 5.75 Å². The lowest BCUT2D eigenvalue weighted by molar-refractivity contribution is -0.126. The molecule has 2 aromatic carbocycles. The Morgan fingerprint density at radius 1 is 1.05 bits per heavy atom. The Kier molecular flexibility index (Phi) is 9.16. The van der Waals surface area contributed by atoms with Crippen LogP contribution in [0.25, 0.3) is 0 Å². The van der Waals surface area contributed by atoms with Crippen LogP contribution in [0.1, 0.15) is 33.0 Å². The summed E-state index contributed by atoms with van der Waals surface area (Å²) >= 11 is 6.45. The molecule has 40 heavy (non-hydrogen) atoms. The minimum absolute atomic E-state index is 0.0490. The first kappa shape index (κ1) is 28.8. The summed E-state index contributed by atoms with van der Waals surface area (Å²) in [6.07, 6.45) is 3.59. The van der Waals surface area contributed by atoms with Gasteiger partial charge in [0.2, 0.25) is 5.91 Å². The zero-order chi connectivity index (χ0) is 28.8. The second-order valence-electron chi connectivity index (χ2n) is 9.63. The summed E-state index contributed by atoms with van der Waals surface area (Å²) in [5.41, 5.74) is 3.46. The molecule has 10 heteroatoms. The third-order valence-electron chi connectivity index (χ3n) is 6.84. The van der Waals surface area contributed by atoms with Gasteiger partial charge in [-0.2, -0.15) is 0 Å². The number of piperazine rings is 1. The van der Waals surface area contributed by atoms with E-state index in [9.17, 15) is 14.4 Å². The summed E-state index contributed by atoms with van der Waals surface area (Å²) in [5.74, 6) is 0.0386. The number of benzene rings is 2. The lowest BCUT2D eigenvalue weighted by Crippen LogP contribution is -2.48. The molecular weight excluding hydrogens is 530 g/mol. The molecule has 0 spiro atoms. The van der Waals surface area contributed by atoms with Gasteiger partial charge in [-0.25, -0.2) is 9.97 Å². The van der Waals surface area contributed by atoms with E-state index in [4.69, 9.17) is 21.3 Å². The van der Waals surface area contributed by atoms with E-state index in [1.165, 1.54) is 11.0 Å². The van der Waals surface area contributed by atoms with E-state index in [1.807, 2.05) is 24.3 Å². The lowest BCUT2D eigenvalue weighted by atomic mass is 9.99. The van der Waals surface area contributed by atoms with E-state index in [1.54, 1.807) is 50.5 Å². The lowest BCUT2D eigenvalue weighted by Gasteiger charge is -2.35. The summed E-state index contributed by atoms with van der Waals surface area (Å²) in [4.78, 5) is 51.4. The number of hydrogen-bond acceptors (Lipinski definition) is 7. The molecule has 0 unspecified atom stereocenters. The fourth-order valence-corrected chi connectivity index (χ4v) is 4.77. The van der Waals surface area contributed by atoms with E-state index in [2.05, 4.69) is 16.5 Å². The molecule has 0 bridgehead atoms. The van der Waals surface area contributed by atoms with Crippen LogP contribution in [0, 0.1) is 0 Å². The summed E-state index contributed by atoms with van der Waals surface area (Å²) in [7, 11) is 4.72. The number of carbonyl (C=O) groups is 3. The molecule has 1 saturated heterocycles. The smallest absolute Gasteiger partial charge is 0.294 e. The molecule has 0 atom stereocenters.